The van der Waals surface area contributed by atoms with Gasteiger partial charge in [-0.05, 0) is 31.2 Å². The van der Waals surface area contributed by atoms with E-state index in [-0.39, 0.29) is 23.6 Å². The zero-order valence-electron chi connectivity index (χ0n) is 18.1. The highest BCUT2D eigenvalue weighted by Crippen LogP contribution is 2.31. The Bertz CT molecular complexity index is 1190. The number of para-hydroxylation sites is 3. The number of aryl methyl sites for hydroxylation is 1. The molecule has 2 amide bonds. The van der Waals surface area contributed by atoms with Gasteiger partial charge in [-0.2, -0.15) is 5.10 Å². The van der Waals surface area contributed by atoms with Crippen LogP contribution in [0.25, 0.3) is 5.69 Å². The molecule has 1 fully saturated rings. The molecular formula is C24H23ClN4O4. The number of fused-ring (bicyclic) bond motifs is 1. The monoisotopic (exact) mass is 466 g/mol. The molecule has 33 heavy (non-hydrogen) atoms. The Hall–Kier alpha value is -3.52. The lowest BCUT2D eigenvalue weighted by Crippen LogP contribution is -2.55. The smallest absolute Gasteiger partial charge is 0.267 e. The van der Waals surface area contributed by atoms with Gasteiger partial charge in [0.1, 0.15) is 11.8 Å². The van der Waals surface area contributed by atoms with Crippen molar-refractivity contribution in [2.45, 2.75) is 13.0 Å². The summed E-state index contributed by atoms with van der Waals surface area (Å²) in [5.74, 6) is 0.886. The van der Waals surface area contributed by atoms with Crippen molar-refractivity contribution in [3.8, 4) is 17.2 Å². The minimum Gasteiger partial charge on any atom is -0.485 e. The Morgan fingerprint density at radius 2 is 1.58 bits per heavy atom. The first-order valence-corrected chi connectivity index (χ1v) is 11.2. The maximum atomic E-state index is 13.2. The Morgan fingerprint density at radius 3 is 2.30 bits per heavy atom. The fourth-order valence-corrected chi connectivity index (χ4v) is 4.47. The molecule has 1 atom stereocenters. The Kier molecular flexibility index (Phi) is 5.68. The molecule has 170 valence electrons. The number of aromatic nitrogens is 2. The number of piperazine rings is 1. The first kappa shape index (κ1) is 21.3. The van der Waals surface area contributed by atoms with E-state index in [1.165, 1.54) is 0 Å². The van der Waals surface area contributed by atoms with Gasteiger partial charge in [0.05, 0.1) is 16.9 Å². The summed E-state index contributed by atoms with van der Waals surface area (Å²) in [5.41, 5.74) is 1.75. The van der Waals surface area contributed by atoms with Gasteiger partial charge in [-0.15, -0.1) is 0 Å². The molecule has 3 heterocycles. The average molecular weight is 467 g/mol. The van der Waals surface area contributed by atoms with Crippen LogP contribution in [-0.4, -0.2) is 70.3 Å². The normalized spacial score (nSPS) is 17.7. The Morgan fingerprint density at radius 1 is 0.939 bits per heavy atom. The van der Waals surface area contributed by atoms with E-state index < -0.39 is 6.10 Å². The molecule has 5 rings (SSSR count). The van der Waals surface area contributed by atoms with Crippen molar-refractivity contribution in [2.75, 3.05) is 32.8 Å². The van der Waals surface area contributed by atoms with E-state index in [0.717, 1.165) is 5.69 Å². The van der Waals surface area contributed by atoms with Crippen molar-refractivity contribution in [3.63, 3.8) is 0 Å². The highest BCUT2D eigenvalue weighted by Gasteiger charge is 2.34. The van der Waals surface area contributed by atoms with Gasteiger partial charge in [0, 0.05) is 26.2 Å². The van der Waals surface area contributed by atoms with Crippen LogP contribution in [0.2, 0.25) is 5.15 Å². The third-order valence-corrected chi connectivity index (χ3v) is 6.23. The second kappa shape index (κ2) is 8.78. The van der Waals surface area contributed by atoms with E-state index in [1.807, 2.05) is 48.5 Å². The second-order valence-electron chi connectivity index (χ2n) is 7.98. The number of rotatable bonds is 3. The summed E-state index contributed by atoms with van der Waals surface area (Å²) in [6, 6.07) is 16.7. The summed E-state index contributed by atoms with van der Waals surface area (Å²) in [5, 5.41) is 4.75. The third kappa shape index (κ3) is 4.02. The number of nitrogens with zero attached hydrogens (tertiary/aromatic N) is 4. The van der Waals surface area contributed by atoms with Crippen LogP contribution in [0.3, 0.4) is 0 Å². The fourth-order valence-electron chi connectivity index (χ4n) is 4.12. The molecule has 2 aromatic carbocycles. The van der Waals surface area contributed by atoms with Crippen LogP contribution in [0, 0.1) is 6.92 Å². The number of amides is 2. The molecule has 1 saturated heterocycles. The van der Waals surface area contributed by atoms with Crippen LogP contribution in [0.15, 0.2) is 54.6 Å². The lowest BCUT2D eigenvalue weighted by atomic mass is 10.2. The average Bonchev–Trinajstić information content (AvgIpc) is 3.17. The molecule has 8 nitrogen and oxygen atoms in total. The number of hydrogen-bond donors (Lipinski definition) is 0. The zero-order valence-corrected chi connectivity index (χ0v) is 18.9. The second-order valence-corrected chi connectivity index (χ2v) is 8.34. The van der Waals surface area contributed by atoms with Crippen LogP contribution in [-0.2, 0) is 4.79 Å². The molecule has 0 saturated carbocycles. The van der Waals surface area contributed by atoms with Gasteiger partial charge in [0.15, 0.2) is 11.5 Å². The number of halogens is 1. The highest BCUT2D eigenvalue weighted by molar-refractivity contribution is 6.33. The van der Waals surface area contributed by atoms with Crippen LogP contribution >= 0.6 is 11.6 Å². The van der Waals surface area contributed by atoms with Gasteiger partial charge in [0.25, 0.3) is 11.8 Å². The maximum Gasteiger partial charge on any atom is 0.267 e. The van der Waals surface area contributed by atoms with Crippen molar-refractivity contribution in [2.24, 2.45) is 0 Å². The van der Waals surface area contributed by atoms with Crippen molar-refractivity contribution < 1.29 is 19.1 Å². The van der Waals surface area contributed by atoms with E-state index in [9.17, 15) is 9.59 Å². The molecule has 9 heteroatoms. The quantitative estimate of drug-likeness (QED) is 0.593. The minimum absolute atomic E-state index is 0.136. The van der Waals surface area contributed by atoms with E-state index in [4.69, 9.17) is 21.1 Å². The predicted octanol–water partition coefficient (Wildman–Crippen LogP) is 2.96. The van der Waals surface area contributed by atoms with Crippen molar-refractivity contribution >= 4 is 23.4 Å². The number of hydrogen-bond acceptors (Lipinski definition) is 5. The van der Waals surface area contributed by atoms with E-state index >= 15 is 0 Å². The number of carbonyl (C=O) groups excluding carboxylic acids is 2. The molecule has 0 unspecified atom stereocenters. The molecular weight excluding hydrogens is 444 g/mol. The van der Waals surface area contributed by atoms with E-state index in [0.29, 0.717) is 48.9 Å². The van der Waals surface area contributed by atoms with E-state index in [2.05, 4.69) is 5.10 Å². The molecule has 0 spiro atoms. The molecule has 2 aliphatic heterocycles. The Labute approximate surface area is 196 Å². The number of carbonyl (C=O) groups is 2. The molecule has 0 radical (unpaired) electrons. The zero-order chi connectivity index (χ0) is 22.9. The third-order valence-electron chi connectivity index (χ3n) is 5.88. The van der Waals surface area contributed by atoms with Crippen molar-refractivity contribution in [1.29, 1.82) is 0 Å². The highest BCUT2D eigenvalue weighted by atomic mass is 35.5. The van der Waals surface area contributed by atoms with Gasteiger partial charge in [-0.1, -0.05) is 41.9 Å². The molecule has 1 aromatic heterocycles. The van der Waals surface area contributed by atoms with E-state index in [1.54, 1.807) is 27.5 Å². The maximum absolute atomic E-state index is 13.2. The fraction of sp³-hybridized carbons (Fsp3) is 0.292. The molecule has 0 N–H and O–H groups in total. The van der Waals surface area contributed by atoms with Gasteiger partial charge in [-0.25, -0.2) is 4.68 Å². The summed E-state index contributed by atoms with van der Waals surface area (Å²) in [7, 11) is 0. The summed E-state index contributed by atoms with van der Waals surface area (Å²) in [6.07, 6.45) is -0.692. The molecule has 3 aromatic rings. The lowest BCUT2D eigenvalue weighted by molar-refractivity contribution is -0.142. The summed E-state index contributed by atoms with van der Waals surface area (Å²) >= 11 is 6.56. The number of benzene rings is 2. The predicted molar refractivity (Wildman–Crippen MR) is 122 cm³/mol. The SMILES string of the molecule is Cc1nn(-c2ccccc2)c(Cl)c1C(=O)N1CCN(C(=O)[C@H]2COc3ccccc3O2)CC1. The standard InChI is InChI=1S/C24H23ClN4O4/c1-16-21(22(25)29(26-16)17-7-3-2-4-8-17)24(31)28-13-11-27(12-14-28)23(30)20-15-32-18-9-5-6-10-19(18)33-20/h2-10,20H,11-15H2,1H3/t20-/m1/s1. The first-order chi connectivity index (χ1) is 16.0. The topological polar surface area (TPSA) is 76.9 Å². The lowest BCUT2D eigenvalue weighted by Gasteiger charge is -2.37. The summed E-state index contributed by atoms with van der Waals surface area (Å²) in [6.45, 7) is 3.58. The summed E-state index contributed by atoms with van der Waals surface area (Å²) in [4.78, 5) is 29.6. The van der Waals surface area contributed by atoms with Gasteiger partial charge in [-0.3, -0.25) is 9.59 Å². The number of ether oxygens (including phenoxy) is 2. The van der Waals surface area contributed by atoms with Crippen molar-refractivity contribution in [1.82, 2.24) is 19.6 Å². The largest absolute Gasteiger partial charge is 0.485 e. The Balaban J connectivity index is 1.24. The molecule has 0 bridgehead atoms. The van der Waals surface area contributed by atoms with Crippen LogP contribution in [0.4, 0.5) is 0 Å². The van der Waals surface area contributed by atoms with Crippen LogP contribution < -0.4 is 9.47 Å². The first-order valence-electron chi connectivity index (χ1n) is 10.8. The molecule has 2 aliphatic rings. The van der Waals surface area contributed by atoms with Gasteiger partial charge < -0.3 is 19.3 Å². The van der Waals surface area contributed by atoms with Crippen LogP contribution in [0.5, 0.6) is 11.5 Å². The minimum atomic E-state index is -0.692. The molecule has 0 aliphatic carbocycles. The van der Waals surface area contributed by atoms with Gasteiger partial charge in [0.2, 0.25) is 6.10 Å². The summed E-state index contributed by atoms with van der Waals surface area (Å²) < 4.78 is 13.1. The van der Waals surface area contributed by atoms with Crippen molar-refractivity contribution in [3.05, 3.63) is 71.0 Å². The van der Waals surface area contributed by atoms with Gasteiger partial charge >= 0.3 is 0 Å². The van der Waals surface area contributed by atoms with Crippen LogP contribution in [0.1, 0.15) is 16.1 Å².